The van der Waals surface area contributed by atoms with E-state index in [-0.39, 0.29) is 5.57 Å². The zero-order valence-electron chi connectivity index (χ0n) is 16.4. The van der Waals surface area contributed by atoms with Crippen molar-refractivity contribution in [2.75, 3.05) is 11.6 Å². The van der Waals surface area contributed by atoms with Crippen molar-refractivity contribution in [1.82, 2.24) is 10.4 Å². The molecule has 2 amide bonds. The molecule has 2 heterocycles. The van der Waals surface area contributed by atoms with Crippen LogP contribution in [-0.4, -0.2) is 49.2 Å². The van der Waals surface area contributed by atoms with Crippen molar-refractivity contribution in [3.05, 3.63) is 71.6 Å². The van der Waals surface area contributed by atoms with Crippen LogP contribution in [0.3, 0.4) is 0 Å². The number of benzene rings is 2. The standard InChI is InChI=1S/C23H18N3O3.Tl/c1-2-15-29-20-13-11-16(18-9-6-14-24-21(18)20)10-12-19-22(27)25-26(23(19)28)17-7-4-3-5-8-17;/h4-11,13-14H,2,15H2,1H3,(H,25,27);. The van der Waals surface area contributed by atoms with E-state index in [0.29, 0.717) is 18.0 Å². The summed E-state index contributed by atoms with van der Waals surface area (Å²) in [6.45, 7) is 2.65. The monoisotopic (exact) mass is 589 g/mol. The van der Waals surface area contributed by atoms with E-state index in [1.807, 2.05) is 55.5 Å². The summed E-state index contributed by atoms with van der Waals surface area (Å²) in [5.41, 5.74) is 7.62. The number of hydrogen-bond donors (Lipinski definition) is 1. The Bertz CT molecular complexity index is 1200. The van der Waals surface area contributed by atoms with Crippen LogP contribution in [-0.2, 0) is 9.59 Å². The number of aromatic nitrogens is 1. The molecular formula is C23H18N3O3Tl. The van der Waals surface area contributed by atoms with Crippen molar-refractivity contribution < 1.29 is 14.3 Å². The summed E-state index contributed by atoms with van der Waals surface area (Å²) in [5.74, 6) is -0.190. The molecule has 6 nitrogen and oxygen atoms in total. The van der Waals surface area contributed by atoms with Crippen LogP contribution in [0, 0.1) is 0 Å². The smallest absolute Gasteiger partial charge is 0.252 e. The van der Waals surface area contributed by atoms with Gasteiger partial charge in [-0.25, -0.2) is 0 Å². The second-order valence-electron chi connectivity index (χ2n) is 6.74. The van der Waals surface area contributed by atoms with E-state index in [1.54, 1.807) is 12.3 Å². The first-order valence-electron chi connectivity index (χ1n) is 9.56. The van der Waals surface area contributed by atoms with E-state index in [9.17, 15) is 9.59 Å². The quantitative estimate of drug-likeness (QED) is 0.215. The summed E-state index contributed by atoms with van der Waals surface area (Å²) in [4.78, 5) is 29.6. The molecule has 0 unspecified atom stereocenters. The molecule has 1 aliphatic rings. The van der Waals surface area contributed by atoms with E-state index in [2.05, 4.69) is 16.1 Å². The summed E-state index contributed by atoms with van der Waals surface area (Å²) in [6.07, 6.45) is 4.26. The number of amides is 2. The molecule has 1 saturated heterocycles. The molecule has 1 aromatic heterocycles. The minimum absolute atomic E-state index is 0.0322. The third kappa shape index (κ3) is 4.01. The molecule has 0 aliphatic carbocycles. The van der Waals surface area contributed by atoms with Gasteiger partial charge in [0, 0.05) is 6.20 Å². The summed E-state index contributed by atoms with van der Waals surface area (Å²) in [6, 6.07) is 15.1. The average Bonchev–Trinajstić information content (AvgIpc) is 3.05. The number of carbonyl (C=O) groups excluding carboxylic acids is 2. The molecule has 1 fully saturated rings. The third-order valence-corrected chi connectivity index (χ3v) is 6.11. The van der Waals surface area contributed by atoms with Gasteiger partial charge in [0.1, 0.15) is 5.75 Å². The van der Waals surface area contributed by atoms with Gasteiger partial charge in [-0.05, 0) is 12.5 Å². The Kier molecular flexibility index (Phi) is 5.96. The van der Waals surface area contributed by atoms with Gasteiger partial charge in [-0.1, -0.05) is 6.92 Å². The van der Waals surface area contributed by atoms with Gasteiger partial charge < -0.3 is 4.74 Å². The summed E-state index contributed by atoms with van der Waals surface area (Å²) in [5, 5.41) is 2.12. The Morgan fingerprint density at radius 3 is 2.73 bits per heavy atom. The van der Waals surface area contributed by atoms with Gasteiger partial charge in [0.2, 0.25) is 0 Å². The molecule has 1 N–H and O–H groups in total. The van der Waals surface area contributed by atoms with Crippen molar-refractivity contribution in [1.29, 1.82) is 0 Å². The fraction of sp³-hybridized carbons (Fsp3) is 0.130. The number of nitrogens with one attached hydrogen (secondary N) is 1. The number of ether oxygens (including phenoxy) is 1. The van der Waals surface area contributed by atoms with Gasteiger partial charge in [-0.2, -0.15) is 0 Å². The minimum Gasteiger partial charge on any atom is -0.252 e. The molecule has 0 spiro atoms. The zero-order valence-corrected chi connectivity index (χ0v) is 20.9. The van der Waals surface area contributed by atoms with E-state index in [0.717, 1.165) is 48.7 Å². The Morgan fingerprint density at radius 1 is 1.17 bits per heavy atom. The second kappa shape index (κ2) is 8.81. The molecule has 30 heavy (non-hydrogen) atoms. The summed E-state index contributed by atoms with van der Waals surface area (Å²) >= 11 is 0.717. The van der Waals surface area contributed by atoms with Crippen molar-refractivity contribution in [2.45, 2.75) is 13.3 Å². The summed E-state index contributed by atoms with van der Waals surface area (Å²) in [7, 11) is 0. The van der Waals surface area contributed by atoms with Gasteiger partial charge in [-0.15, -0.1) is 0 Å². The third-order valence-electron chi connectivity index (χ3n) is 4.61. The van der Waals surface area contributed by atoms with Crippen molar-refractivity contribution >= 4 is 63.4 Å². The Hall–Kier alpha value is -2.97. The number of hydrazine groups is 1. The Labute approximate surface area is 189 Å². The van der Waals surface area contributed by atoms with Crippen LogP contribution in [0.1, 0.15) is 18.9 Å². The van der Waals surface area contributed by atoms with Crippen LogP contribution < -0.4 is 18.3 Å². The van der Waals surface area contributed by atoms with E-state index in [1.165, 1.54) is 8.13 Å². The van der Waals surface area contributed by atoms with Crippen LogP contribution in [0.2, 0.25) is 0 Å². The number of carbonyl (C=O) groups is 2. The fourth-order valence-corrected chi connectivity index (χ4v) is 3.87. The van der Waals surface area contributed by atoms with Gasteiger partial charge >= 0.3 is 143 Å². The molecule has 0 radical (unpaired) electrons. The summed E-state index contributed by atoms with van der Waals surface area (Å²) < 4.78 is 7.02. The first-order valence-corrected chi connectivity index (χ1v) is 11.8. The van der Waals surface area contributed by atoms with Crippen molar-refractivity contribution in [2.24, 2.45) is 0 Å². The molecular weight excluding hydrogens is 571 g/mol. The van der Waals surface area contributed by atoms with Gasteiger partial charge in [0.05, 0.1) is 6.61 Å². The van der Waals surface area contributed by atoms with Crippen LogP contribution in [0.15, 0.2) is 66.0 Å². The molecule has 0 bridgehead atoms. The molecule has 7 heteroatoms. The van der Waals surface area contributed by atoms with E-state index >= 15 is 0 Å². The minimum atomic E-state index is -0.474. The predicted octanol–water partition coefficient (Wildman–Crippen LogP) is 2.43. The van der Waals surface area contributed by atoms with Crippen LogP contribution in [0.5, 0.6) is 5.75 Å². The number of anilines is 1. The maximum atomic E-state index is 12.8. The van der Waals surface area contributed by atoms with Crippen LogP contribution in [0.4, 0.5) is 5.69 Å². The maximum absolute atomic E-state index is 12.8. The molecule has 146 valence electrons. The van der Waals surface area contributed by atoms with Crippen LogP contribution >= 0.6 is 0 Å². The number of pyridine rings is 1. The molecule has 2 aromatic carbocycles. The van der Waals surface area contributed by atoms with Gasteiger partial charge in [0.15, 0.2) is 0 Å². The topological polar surface area (TPSA) is 71.5 Å². The molecule has 1 aliphatic heterocycles. The molecule has 3 aromatic rings. The van der Waals surface area contributed by atoms with Crippen LogP contribution in [0.25, 0.3) is 17.0 Å². The molecule has 0 saturated carbocycles. The number of rotatable bonds is 5. The number of nitrogens with zero attached hydrogens (tertiary/aromatic N) is 2. The Balaban J connectivity index is 1.70. The van der Waals surface area contributed by atoms with Gasteiger partial charge in [-0.3, -0.25) is 4.98 Å². The van der Waals surface area contributed by atoms with E-state index in [4.69, 9.17) is 4.74 Å². The molecule has 0 atom stereocenters. The van der Waals surface area contributed by atoms with Gasteiger partial charge in [0.25, 0.3) is 0 Å². The van der Waals surface area contributed by atoms with Crippen molar-refractivity contribution in [3.63, 3.8) is 0 Å². The predicted molar refractivity (Wildman–Crippen MR) is 116 cm³/mol. The second-order valence-corrected chi connectivity index (χ2v) is 9.33. The Morgan fingerprint density at radius 2 is 1.97 bits per heavy atom. The first-order chi connectivity index (χ1) is 14.6. The number of fused-ring (bicyclic) bond motifs is 1. The average molecular weight is 589 g/mol. The zero-order chi connectivity index (χ0) is 21.1. The van der Waals surface area contributed by atoms with Crippen molar-refractivity contribution in [3.8, 4) is 5.75 Å². The first kappa shape index (κ1) is 20.3. The van der Waals surface area contributed by atoms with E-state index < -0.39 is 11.8 Å². The molecule has 4 rings (SSSR count). The SMILES string of the molecule is CCCOc1ccc(C=C=C2C(=O)NN(c3cc[c]([Tl])cc3)C2=O)c2cccnc12. The number of hydrogen-bond acceptors (Lipinski definition) is 4. The normalized spacial score (nSPS) is 13.3. The fourth-order valence-electron chi connectivity index (χ4n) is 3.12.